The van der Waals surface area contributed by atoms with Crippen LogP contribution in [0.3, 0.4) is 0 Å². The molecule has 27 heavy (non-hydrogen) atoms. The molecule has 7 nitrogen and oxygen atoms in total. The second-order valence-corrected chi connectivity index (χ2v) is 7.84. The van der Waals surface area contributed by atoms with Gasteiger partial charge in [0.05, 0.1) is 19.1 Å². The number of aryl methyl sites for hydroxylation is 1. The highest BCUT2D eigenvalue weighted by molar-refractivity contribution is 7.20. The first kappa shape index (κ1) is 19.5. The Balaban J connectivity index is 2.10. The second-order valence-electron chi connectivity index (χ2n) is 6.84. The van der Waals surface area contributed by atoms with Gasteiger partial charge in [0.1, 0.15) is 27.8 Å². The highest BCUT2D eigenvalue weighted by atomic mass is 32.1. The van der Waals surface area contributed by atoms with Gasteiger partial charge in [-0.25, -0.2) is 14.8 Å². The van der Waals surface area contributed by atoms with Gasteiger partial charge in [0.25, 0.3) is 0 Å². The molecule has 1 aliphatic heterocycles. The van der Waals surface area contributed by atoms with Crippen LogP contribution in [0.5, 0.6) is 0 Å². The van der Waals surface area contributed by atoms with Crippen molar-refractivity contribution in [2.24, 2.45) is 5.92 Å². The minimum Gasteiger partial charge on any atom is -0.469 e. The molecule has 0 unspecified atom stereocenters. The summed E-state index contributed by atoms with van der Waals surface area (Å²) in [4.78, 5) is 36.8. The maximum absolute atomic E-state index is 12.3. The molecule has 2 aromatic rings. The summed E-state index contributed by atoms with van der Waals surface area (Å²) in [5.41, 5.74) is 0.840. The van der Waals surface area contributed by atoms with Gasteiger partial charge in [-0.05, 0) is 38.2 Å². The summed E-state index contributed by atoms with van der Waals surface area (Å²) in [6.07, 6.45) is 2.19. The molecule has 1 saturated heterocycles. The van der Waals surface area contributed by atoms with E-state index >= 15 is 0 Å². The van der Waals surface area contributed by atoms with Crippen molar-refractivity contribution in [2.75, 3.05) is 31.7 Å². The van der Waals surface area contributed by atoms with Gasteiger partial charge in [0.15, 0.2) is 0 Å². The van der Waals surface area contributed by atoms with Crippen molar-refractivity contribution >= 4 is 39.3 Å². The van der Waals surface area contributed by atoms with E-state index in [2.05, 4.69) is 21.8 Å². The average Bonchev–Trinajstić information content (AvgIpc) is 2.98. The molecule has 8 heteroatoms. The number of hydrogen-bond donors (Lipinski definition) is 0. The molecule has 1 aliphatic rings. The Hall–Kier alpha value is -2.22. The lowest BCUT2D eigenvalue weighted by atomic mass is 9.99. The second kappa shape index (κ2) is 8.21. The van der Waals surface area contributed by atoms with E-state index in [0.717, 1.165) is 42.7 Å². The number of nitrogens with zero attached hydrogens (tertiary/aromatic N) is 3. The molecule has 146 valence electrons. The van der Waals surface area contributed by atoms with E-state index in [9.17, 15) is 9.59 Å². The lowest BCUT2D eigenvalue weighted by molar-refractivity contribution is -0.139. The molecule has 3 heterocycles. The third-order valence-electron chi connectivity index (χ3n) is 4.89. The maximum atomic E-state index is 12.3. The molecular formula is C19H25N3O4S. The predicted octanol–water partition coefficient (Wildman–Crippen LogP) is 3.13. The molecule has 0 aromatic carbocycles. The van der Waals surface area contributed by atoms with Gasteiger partial charge < -0.3 is 14.4 Å². The summed E-state index contributed by atoms with van der Waals surface area (Å²) >= 11 is 1.30. The highest BCUT2D eigenvalue weighted by Gasteiger charge is 2.26. The molecular weight excluding hydrogens is 366 g/mol. The van der Waals surface area contributed by atoms with Crippen molar-refractivity contribution in [1.29, 1.82) is 0 Å². The van der Waals surface area contributed by atoms with Crippen LogP contribution < -0.4 is 4.90 Å². The van der Waals surface area contributed by atoms with Crippen LogP contribution in [0, 0.1) is 12.8 Å². The molecule has 1 fully saturated rings. The standard InChI is InChI=1S/C19H25N3O4S/c1-5-26-19(24)16-12(3)15-17(22-8-6-11(2)7-9-22)20-13(10-14(23)25-4)21-18(15)27-16/h11H,5-10H2,1-4H3. The number of methoxy groups -OCH3 is 1. The molecule has 3 rings (SSSR count). The average molecular weight is 391 g/mol. The van der Waals surface area contributed by atoms with Crippen molar-refractivity contribution < 1.29 is 19.1 Å². The fourth-order valence-corrected chi connectivity index (χ4v) is 4.37. The normalized spacial score (nSPS) is 15.2. The molecule has 0 N–H and O–H groups in total. The number of ether oxygens (including phenoxy) is 2. The number of hydrogen-bond acceptors (Lipinski definition) is 8. The summed E-state index contributed by atoms with van der Waals surface area (Å²) < 4.78 is 9.95. The van der Waals surface area contributed by atoms with Gasteiger partial charge >= 0.3 is 11.9 Å². The summed E-state index contributed by atoms with van der Waals surface area (Å²) in [7, 11) is 1.35. The molecule has 0 radical (unpaired) electrons. The van der Waals surface area contributed by atoms with E-state index in [1.807, 2.05) is 6.92 Å². The van der Waals surface area contributed by atoms with Gasteiger partial charge in [0.2, 0.25) is 0 Å². The van der Waals surface area contributed by atoms with Crippen LogP contribution in [0.1, 0.15) is 47.7 Å². The molecule has 0 saturated carbocycles. The van der Waals surface area contributed by atoms with Crippen LogP contribution in [0.15, 0.2) is 0 Å². The van der Waals surface area contributed by atoms with Crippen molar-refractivity contribution in [3.8, 4) is 0 Å². The number of thiophene rings is 1. The van der Waals surface area contributed by atoms with Gasteiger partial charge in [-0.15, -0.1) is 11.3 Å². The van der Waals surface area contributed by atoms with E-state index in [-0.39, 0.29) is 18.4 Å². The Morgan fingerprint density at radius 2 is 1.96 bits per heavy atom. The van der Waals surface area contributed by atoms with Crippen LogP contribution in [0.4, 0.5) is 5.82 Å². The van der Waals surface area contributed by atoms with Crippen molar-refractivity contribution in [2.45, 2.75) is 40.0 Å². The number of carbonyl (C=O) groups excluding carboxylic acids is 2. The lowest BCUT2D eigenvalue weighted by Crippen LogP contribution is -2.34. The zero-order valence-corrected chi connectivity index (χ0v) is 17.0. The Kier molecular flexibility index (Phi) is 5.94. The van der Waals surface area contributed by atoms with Crippen molar-refractivity contribution in [3.05, 3.63) is 16.3 Å². The van der Waals surface area contributed by atoms with Crippen molar-refractivity contribution in [1.82, 2.24) is 9.97 Å². The molecule has 0 spiro atoms. The van der Waals surface area contributed by atoms with Gasteiger partial charge in [-0.1, -0.05) is 6.92 Å². The Labute approximate surface area is 162 Å². The number of fused-ring (bicyclic) bond motifs is 1. The number of anilines is 1. The Morgan fingerprint density at radius 1 is 1.26 bits per heavy atom. The minimum atomic E-state index is -0.383. The smallest absolute Gasteiger partial charge is 0.348 e. The molecule has 0 aliphatic carbocycles. The Bertz CT molecular complexity index is 856. The summed E-state index contributed by atoms with van der Waals surface area (Å²) in [5.74, 6) is 1.18. The van der Waals surface area contributed by atoms with E-state index in [4.69, 9.17) is 9.47 Å². The van der Waals surface area contributed by atoms with Crippen LogP contribution in [0.2, 0.25) is 0 Å². The molecule has 2 aromatic heterocycles. The Morgan fingerprint density at radius 3 is 2.59 bits per heavy atom. The lowest BCUT2D eigenvalue weighted by Gasteiger charge is -2.31. The minimum absolute atomic E-state index is 0.00930. The fraction of sp³-hybridized carbons (Fsp3) is 0.579. The predicted molar refractivity (Wildman–Crippen MR) is 104 cm³/mol. The van der Waals surface area contributed by atoms with Gasteiger partial charge in [-0.2, -0.15) is 0 Å². The number of carbonyl (C=O) groups is 2. The van der Waals surface area contributed by atoms with Crippen molar-refractivity contribution in [3.63, 3.8) is 0 Å². The van der Waals surface area contributed by atoms with Crippen LogP contribution >= 0.6 is 11.3 Å². The summed E-state index contributed by atoms with van der Waals surface area (Å²) in [6.45, 7) is 8.07. The highest BCUT2D eigenvalue weighted by Crippen LogP contribution is 2.37. The molecule has 0 atom stereocenters. The van der Waals surface area contributed by atoms with Crippen LogP contribution in [-0.2, 0) is 20.7 Å². The van der Waals surface area contributed by atoms with E-state index < -0.39 is 0 Å². The van der Waals surface area contributed by atoms with Gasteiger partial charge in [0, 0.05) is 13.1 Å². The van der Waals surface area contributed by atoms with Crippen LogP contribution in [0.25, 0.3) is 10.2 Å². The number of rotatable bonds is 5. The van der Waals surface area contributed by atoms with Crippen LogP contribution in [-0.4, -0.2) is 48.7 Å². The quantitative estimate of drug-likeness (QED) is 0.724. The first-order valence-electron chi connectivity index (χ1n) is 9.23. The largest absolute Gasteiger partial charge is 0.469 e. The fourth-order valence-electron chi connectivity index (χ4n) is 3.28. The first-order chi connectivity index (χ1) is 12.9. The topological polar surface area (TPSA) is 81.6 Å². The number of piperidine rings is 1. The van der Waals surface area contributed by atoms with E-state index in [1.165, 1.54) is 18.4 Å². The third-order valence-corrected chi connectivity index (χ3v) is 6.06. The number of aromatic nitrogens is 2. The van der Waals surface area contributed by atoms with E-state index in [1.54, 1.807) is 6.92 Å². The zero-order chi connectivity index (χ0) is 19.6. The van der Waals surface area contributed by atoms with E-state index in [0.29, 0.717) is 28.1 Å². The van der Waals surface area contributed by atoms with Gasteiger partial charge in [-0.3, -0.25) is 4.79 Å². The maximum Gasteiger partial charge on any atom is 0.348 e. The first-order valence-corrected chi connectivity index (χ1v) is 10.0. The molecule has 0 amide bonds. The zero-order valence-electron chi connectivity index (χ0n) is 16.2. The monoisotopic (exact) mass is 391 g/mol. The summed E-state index contributed by atoms with van der Waals surface area (Å²) in [6, 6.07) is 0. The number of esters is 2. The third kappa shape index (κ3) is 4.05. The molecule has 0 bridgehead atoms. The summed E-state index contributed by atoms with van der Waals surface area (Å²) in [5, 5.41) is 0.881. The SMILES string of the molecule is CCOC(=O)c1sc2nc(CC(=O)OC)nc(N3CCC(C)CC3)c2c1C.